The van der Waals surface area contributed by atoms with Gasteiger partial charge < -0.3 is 14.7 Å². The molecule has 7 nitrogen and oxygen atoms in total. The molecule has 0 aliphatic carbocycles. The molecule has 0 saturated carbocycles. The first-order valence-electron chi connectivity index (χ1n) is 10.1. The molecule has 2 unspecified atom stereocenters. The normalized spacial score (nSPS) is 17.6. The van der Waals surface area contributed by atoms with Crippen LogP contribution >= 0.6 is 11.8 Å². The van der Waals surface area contributed by atoms with Crippen LogP contribution in [0.25, 0.3) is 11.4 Å². The van der Waals surface area contributed by atoms with Crippen LogP contribution in [0.2, 0.25) is 0 Å². The van der Waals surface area contributed by atoms with E-state index in [2.05, 4.69) is 15.5 Å². The van der Waals surface area contributed by atoms with Crippen LogP contribution in [0.1, 0.15) is 32.1 Å². The largest absolute Gasteiger partial charge is 0.345 e. The zero-order chi connectivity index (χ0) is 21.5. The van der Waals surface area contributed by atoms with Gasteiger partial charge in [0.2, 0.25) is 23.5 Å². The summed E-state index contributed by atoms with van der Waals surface area (Å²) in [5.74, 6) is 1.01. The quantitative estimate of drug-likeness (QED) is 0.687. The van der Waals surface area contributed by atoms with E-state index in [9.17, 15) is 14.0 Å². The number of piperidine rings is 1. The van der Waals surface area contributed by atoms with Crippen LogP contribution in [0.4, 0.5) is 4.39 Å². The molecule has 0 spiro atoms. The second kappa shape index (κ2) is 10.6. The van der Waals surface area contributed by atoms with Gasteiger partial charge in [-0.15, -0.1) is 0 Å². The van der Waals surface area contributed by atoms with E-state index in [1.165, 1.54) is 13.0 Å². The molecule has 1 N–H and O–H groups in total. The average molecular weight is 435 g/mol. The number of hydrogen-bond acceptors (Lipinski definition) is 6. The van der Waals surface area contributed by atoms with Crippen LogP contribution < -0.4 is 5.32 Å². The second-order valence-corrected chi connectivity index (χ2v) is 8.51. The summed E-state index contributed by atoms with van der Waals surface area (Å²) in [4.78, 5) is 30.6. The molecule has 1 aromatic heterocycles. The van der Waals surface area contributed by atoms with Gasteiger partial charge in [-0.1, -0.05) is 17.3 Å². The van der Waals surface area contributed by atoms with Crippen molar-refractivity contribution in [3.8, 4) is 11.4 Å². The number of benzene rings is 1. The summed E-state index contributed by atoms with van der Waals surface area (Å²) in [6.07, 6.45) is 4.93. The molecular weight excluding hydrogens is 407 g/mol. The summed E-state index contributed by atoms with van der Waals surface area (Å²) in [7, 11) is 0. The maximum Gasteiger partial charge on any atom is 0.245 e. The van der Waals surface area contributed by atoms with Crippen molar-refractivity contribution in [3.05, 3.63) is 36.0 Å². The molecule has 1 aliphatic heterocycles. The van der Waals surface area contributed by atoms with Crippen molar-refractivity contribution >= 4 is 23.6 Å². The molecule has 1 aliphatic rings. The summed E-state index contributed by atoms with van der Waals surface area (Å²) < 4.78 is 19.3. The Bertz CT molecular complexity index is 875. The lowest BCUT2D eigenvalue weighted by Gasteiger charge is -2.34. The number of hydrogen-bond donors (Lipinski definition) is 1. The first kappa shape index (κ1) is 22.3. The van der Waals surface area contributed by atoms with Crippen LogP contribution in [-0.2, 0) is 16.0 Å². The molecule has 1 fully saturated rings. The van der Waals surface area contributed by atoms with Crippen molar-refractivity contribution in [2.45, 2.75) is 38.6 Å². The molecule has 2 atom stereocenters. The van der Waals surface area contributed by atoms with E-state index in [0.29, 0.717) is 37.4 Å². The number of rotatable bonds is 8. The van der Waals surface area contributed by atoms with Gasteiger partial charge in [-0.25, -0.2) is 4.39 Å². The highest BCUT2D eigenvalue weighted by Crippen LogP contribution is 2.24. The third-order valence-electron chi connectivity index (χ3n) is 5.16. The topological polar surface area (TPSA) is 88.3 Å². The van der Waals surface area contributed by atoms with Gasteiger partial charge in [0.05, 0.1) is 5.56 Å². The Labute approximate surface area is 179 Å². The van der Waals surface area contributed by atoms with Gasteiger partial charge in [0, 0.05) is 26.4 Å². The van der Waals surface area contributed by atoms with Crippen molar-refractivity contribution < 1.29 is 18.5 Å². The van der Waals surface area contributed by atoms with E-state index in [-0.39, 0.29) is 23.6 Å². The molecular formula is C21H27FN4O3S. The Morgan fingerprint density at radius 1 is 1.40 bits per heavy atom. The molecule has 1 aromatic carbocycles. The van der Waals surface area contributed by atoms with Gasteiger partial charge in [-0.05, 0) is 49.3 Å². The highest BCUT2D eigenvalue weighted by atomic mass is 32.2. The summed E-state index contributed by atoms with van der Waals surface area (Å²) in [6, 6.07) is 5.81. The minimum atomic E-state index is -0.496. The summed E-state index contributed by atoms with van der Waals surface area (Å²) in [6.45, 7) is 2.68. The lowest BCUT2D eigenvalue weighted by molar-refractivity contribution is -0.137. The highest BCUT2D eigenvalue weighted by molar-refractivity contribution is 7.98. The average Bonchev–Trinajstić information content (AvgIpc) is 3.19. The van der Waals surface area contributed by atoms with Crippen LogP contribution in [0.3, 0.4) is 0 Å². The molecule has 2 amide bonds. The summed E-state index contributed by atoms with van der Waals surface area (Å²) >= 11 is 1.65. The second-order valence-electron chi connectivity index (χ2n) is 7.52. The number of carbonyl (C=O) groups is 2. The Kier molecular flexibility index (Phi) is 7.84. The SMILES string of the molecule is CSCCC(NC(C)=O)C(=O)N1CCCC(Cc2nc(-c3ccccc3F)no2)C1. The molecule has 0 radical (unpaired) electrons. The lowest BCUT2D eigenvalue weighted by atomic mass is 9.94. The minimum Gasteiger partial charge on any atom is -0.345 e. The Morgan fingerprint density at radius 3 is 2.93 bits per heavy atom. The maximum absolute atomic E-state index is 13.9. The van der Waals surface area contributed by atoms with Crippen molar-refractivity contribution in [2.75, 3.05) is 25.1 Å². The molecule has 9 heteroatoms. The van der Waals surface area contributed by atoms with E-state index in [1.54, 1.807) is 30.0 Å². The fraction of sp³-hybridized carbons (Fsp3) is 0.524. The Balaban J connectivity index is 1.62. The molecule has 3 rings (SSSR count). The molecule has 30 heavy (non-hydrogen) atoms. The van der Waals surface area contributed by atoms with E-state index in [0.717, 1.165) is 18.6 Å². The van der Waals surface area contributed by atoms with Crippen LogP contribution in [0.5, 0.6) is 0 Å². The van der Waals surface area contributed by atoms with Crippen molar-refractivity contribution in [3.63, 3.8) is 0 Å². The predicted octanol–water partition coefficient (Wildman–Crippen LogP) is 2.91. The van der Waals surface area contributed by atoms with E-state index >= 15 is 0 Å². The van der Waals surface area contributed by atoms with Gasteiger partial charge in [0.15, 0.2) is 0 Å². The minimum absolute atomic E-state index is 0.0403. The van der Waals surface area contributed by atoms with Gasteiger partial charge in [-0.3, -0.25) is 9.59 Å². The molecule has 0 bridgehead atoms. The molecule has 1 saturated heterocycles. The molecule has 162 valence electrons. The number of aromatic nitrogens is 2. The third-order valence-corrected chi connectivity index (χ3v) is 5.81. The van der Waals surface area contributed by atoms with E-state index in [4.69, 9.17) is 4.52 Å². The Hall–Kier alpha value is -2.42. The van der Waals surface area contributed by atoms with Crippen molar-refractivity contribution in [1.29, 1.82) is 0 Å². The molecule has 2 aromatic rings. The number of likely N-dealkylation sites (tertiary alicyclic amines) is 1. The Morgan fingerprint density at radius 2 is 2.20 bits per heavy atom. The number of nitrogens with zero attached hydrogens (tertiary/aromatic N) is 3. The van der Waals surface area contributed by atoms with Crippen molar-refractivity contribution in [1.82, 2.24) is 20.4 Å². The molecule has 2 heterocycles. The first-order valence-corrected chi connectivity index (χ1v) is 11.5. The van der Waals surface area contributed by atoms with Gasteiger partial charge in [0.1, 0.15) is 11.9 Å². The van der Waals surface area contributed by atoms with E-state index in [1.807, 2.05) is 11.2 Å². The van der Waals surface area contributed by atoms with Gasteiger partial charge >= 0.3 is 0 Å². The number of halogens is 1. The highest BCUT2D eigenvalue weighted by Gasteiger charge is 2.30. The number of carbonyl (C=O) groups excluding carboxylic acids is 2. The maximum atomic E-state index is 13.9. The van der Waals surface area contributed by atoms with Gasteiger partial charge in [0.25, 0.3) is 0 Å². The zero-order valence-electron chi connectivity index (χ0n) is 17.3. The zero-order valence-corrected chi connectivity index (χ0v) is 18.1. The fourth-order valence-electron chi connectivity index (χ4n) is 3.73. The van der Waals surface area contributed by atoms with Crippen LogP contribution in [0, 0.1) is 11.7 Å². The van der Waals surface area contributed by atoms with Gasteiger partial charge in [-0.2, -0.15) is 16.7 Å². The van der Waals surface area contributed by atoms with Crippen molar-refractivity contribution in [2.24, 2.45) is 5.92 Å². The number of amides is 2. The lowest BCUT2D eigenvalue weighted by Crippen LogP contribution is -2.51. The fourth-order valence-corrected chi connectivity index (χ4v) is 4.20. The van der Waals surface area contributed by atoms with Crippen LogP contribution in [0.15, 0.2) is 28.8 Å². The van der Waals surface area contributed by atoms with Crippen LogP contribution in [-0.4, -0.2) is 58.0 Å². The standard InChI is InChI=1S/C21H27FN4O3S/c1-14(27)23-18(9-11-30-2)21(28)26-10-5-6-15(13-26)12-19-24-20(25-29-19)16-7-3-4-8-17(16)22/h3-4,7-8,15,18H,5-6,9-13H2,1-2H3,(H,23,27). The monoisotopic (exact) mass is 434 g/mol. The summed E-state index contributed by atoms with van der Waals surface area (Å²) in [5.41, 5.74) is 0.305. The predicted molar refractivity (Wildman–Crippen MR) is 113 cm³/mol. The first-order chi connectivity index (χ1) is 14.5. The smallest absolute Gasteiger partial charge is 0.245 e. The van der Waals surface area contributed by atoms with E-state index < -0.39 is 11.9 Å². The number of thioether (sulfide) groups is 1. The number of nitrogens with one attached hydrogen (secondary N) is 1. The summed E-state index contributed by atoms with van der Waals surface area (Å²) in [5, 5.41) is 6.69. The third kappa shape index (κ3) is 5.81.